The van der Waals surface area contributed by atoms with Crippen LogP contribution in [-0.4, -0.2) is 41.0 Å². The molecule has 0 aliphatic rings. The van der Waals surface area contributed by atoms with E-state index >= 15 is 0 Å². The topological polar surface area (TPSA) is 108 Å². The lowest BCUT2D eigenvalue weighted by atomic mass is 10.2. The van der Waals surface area contributed by atoms with Gasteiger partial charge in [0.15, 0.2) is 6.10 Å². The van der Waals surface area contributed by atoms with Crippen LogP contribution in [0.4, 0.5) is 10.5 Å². The molecule has 0 aliphatic heterocycles. The largest absolute Gasteiger partial charge is 0.491 e. The van der Waals surface area contributed by atoms with Gasteiger partial charge in [0.2, 0.25) is 0 Å². The van der Waals surface area contributed by atoms with Crippen molar-refractivity contribution >= 4 is 17.7 Å². The Kier molecular flexibility index (Phi) is 6.48. The van der Waals surface area contributed by atoms with Gasteiger partial charge in [0, 0.05) is 18.7 Å². The number of aliphatic carboxylic acids is 1. The second-order valence-corrected chi connectivity index (χ2v) is 4.71. The summed E-state index contributed by atoms with van der Waals surface area (Å²) in [5.74, 6) is -0.599. The first-order valence-corrected chi connectivity index (χ1v) is 6.61. The zero-order chi connectivity index (χ0) is 15.8. The Morgan fingerprint density at radius 2 is 1.86 bits per heavy atom. The van der Waals surface area contributed by atoms with Gasteiger partial charge in [0.1, 0.15) is 5.75 Å². The van der Waals surface area contributed by atoms with Crippen molar-refractivity contribution in [2.45, 2.75) is 32.5 Å². The molecule has 0 heterocycles. The van der Waals surface area contributed by atoms with Crippen molar-refractivity contribution in [2.75, 3.05) is 11.9 Å². The van der Waals surface area contributed by atoms with Crippen LogP contribution < -0.4 is 15.4 Å². The maximum absolute atomic E-state index is 11.5. The fourth-order valence-electron chi connectivity index (χ4n) is 1.51. The van der Waals surface area contributed by atoms with E-state index in [0.717, 1.165) is 0 Å². The monoisotopic (exact) mass is 296 g/mol. The third kappa shape index (κ3) is 6.62. The van der Waals surface area contributed by atoms with Crippen LogP contribution in [0, 0.1) is 0 Å². The lowest BCUT2D eigenvalue weighted by Gasteiger charge is -2.11. The van der Waals surface area contributed by atoms with Crippen LogP contribution in [-0.2, 0) is 4.79 Å². The highest BCUT2D eigenvalue weighted by molar-refractivity contribution is 5.89. The molecule has 0 bridgehead atoms. The van der Waals surface area contributed by atoms with Crippen molar-refractivity contribution in [3.05, 3.63) is 24.3 Å². The summed E-state index contributed by atoms with van der Waals surface area (Å²) in [5.41, 5.74) is 0.586. The number of hydrogen-bond acceptors (Lipinski definition) is 4. The first kappa shape index (κ1) is 16.8. The summed E-state index contributed by atoms with van der Waals surface area (Å²) in [6, 6.07) is 6.41. The normalized spacial score (nSPS) is 11.8. The first-order chi connectivity index (χ1) is 9.88. The summed E-state index contributed by atoms with van der Waals surface area (Å²) in [5, 5.41) is 22.6. The van der Waals surface area contributed by atoms with Gasteiger partial charge in [-0.15, -0.1) is 0 Å². The number of aliphatic hydroxyl groups excluding tert-OH is 1. The van der Waals surface area contributed by atoms with E-state index in [9.17, 15) is 9.59 Å². The Labute approximate surface area is 122 Å². The second-order valence-electron chi connectivity index (χ2n) is 4.71. The summed E-state index contributed by atoms with van der Waals surface area (Å²) < 4.78 is 5.48. The molecular formula is C14H20N2O5. The number of hydrogen-bond donors (Lipinski definition) is 4. The molecule has 4 N–H and O–H groups in total. The van der Waals surface area contributed by atoms with E-state index < -0.39 is 18.1 Å². The minimum atomic E-state index is -1.47. The number of carboxylic acid groups (broad SMARTS) is 1. The molecule has 1 aromatic rings. The van der Waals surface area contributed by atoms with Crippen LogP contribution >= 0.6 is 0 Å². The molecule has 1 atom stereocenters. The van der Waals surface area contributed by atoms with Crippen LogP contribution in [0.3, 0.4) is 0 Å². The molecule has 2 amide bonds. The molecule has 0 aliphatic carbocycles. The first-order valence-electron chi connectivity index (χ1n) is 6.61. The molecule has 7 nitrogen and oxygen atoms in total. The Bertz CT molecular complexity index is 473. The third-order valence-corrected chi connectivity index (χ3v) is 2.47. The SMILES string of the molecule is CC(C)Oc1ccc(NC(=O)NCCC(O)C(=O)O)cc1. The average Bonchev–Trinajstić information content (AvgIpc) is 2.40. The second kappa shape index (κ2) is 8.11. The van der Waals surface area contributed by atoms with Crippen molar-refractivity contribution < 1.29 is 24.5 Å². The van der Waals surface area contributed by atoms with Gasteiger partial charge >= 0.3 is 12.0 Å². The van der Waals surface area contributed by atoms with Crippen molar-refractivity contribution in [1.29, 1.82) is 0 Å². The fraction of sp³-hybridized carbons (Fsp3) is 0.429. The summed E-state index contributed by atoms with van der Waals surface area (Å²) in [4.78, 5) is 21.9. The summed E-state index contributed by atoms with van der Waals surface area (Å²) in [6.07, 6.45) is -1.45. The molecular weight excluding hydrogens is 276 g/mol. The molecule has 0 aromatic heterocycles. The Hall–Kier alpha value is -2.28. The van der Waals surface area contributed by atoms with Gasteiger partial charge in [-0.1, -0.05) is 0 Å². The number of benzene rings is 1. The third-order valence-electron chi connectivity index (χ3n) is 2.47. The molecule has 0 saturated heterocycles. The highest BCUT2D eigenvalue weighted by Crippen LogP contribution is 2.16. The van der Waals surface area contributed by atoms with Crippen molar-refractivity contribution in [3.8, 4) is 5.75 Å². The molecule has 0 fully saturated rings. The molecule has 1 aromatic carbocycles. The number of carboxylic acids is 1. The van der Waals surface area contributed by atoms with Crippen LogP contribution in [0.2, 0.25) is 0 Å². The van der Waals surface area contributed by atoms with Gasteiger partial charge in [-0.2, -0.15) is 0 Å². The Morgan fingerprint density at radius 1 is 1.24 bits per heavy atom. The van der Waals surface area contributed by atoms with Gasteiger partial charge in [-0.3, -0.25) is 0 Å². The Morgan fingerprint density at radius 3 is 2.38 bits per heavy atom. The fourth-order valence-corrected chi connectivity index (χ4v) is 1.51. The number of ether oxygens (including phenoxy) is 1. The van der Waals surface area contributed by atoms with Crippen molar-refractivity contribution in [3.63, 3.8) is 0 Å². The standard InChI is InChI=1S/C14H20N2O5/c1-9(2)21-11-5-3-10(4-6-11)16-14(20)15-8-7-12(17)13(18)19/h3-6,9,12,17H,7-8H2,1-2H3,(H,18,19)(H2,15,16,20). The van der Waals surface area contributed by atoms with E-state index in [2.05, 4.69) is 10.6 Å². The molecule has 0 radical (unpaired) electrons. The van der Waals surface area contributed by atoms with Gasteiger partial charge in [-0.25, -0.2) is 9.59 Å². The van der Waals surface area contributed by atoms with Crippen LogP contribution in [0.5, 0.6) is 5.75 Å². The van der Waals surface area contributed by atoms with Crippen LogP contribution in [0.25, 0.3) is 0 Å². The maximum Gasteiger partial charge on any atom is 0.332 e. The molecule has 1 rings (SSSR count). The maximum atomic E-state index is 11.5. The Balaban J connectivity index is 2.36. The number of rotatable bonds is 7. The van der Waals surface area contributed by atoms with Gasteiger partial charge in [0.25, 0.3) is 0 Å². The molecule has 116 valence electrons. The minimum absolute atomic E-state index is 0.0517. The van der Waals surface area contributed by atoms with E-state index in [0.29, 0.717) is 11.4 Å². The number of carbonyl (C=O) groups is 2. The number of carbonyl (C=O) groups excluding carboxylic acids is 1. The van der Waals surface area contributed by atoms with Crippen LogP contribution in [0.15, 0.2) is 24.3 Å². The van der Waals surface area contributed by atoms with Crippen molar-refractivity contribution in [1.82, 2.24) is 5.32 Å². The zero-order valence-corrected chi connectivity index (χ0v) is 12.0. The van der Waals surface area contributed by atoms with Gasteiger partial charge < -0.3 is 25.6 Å². The molecule has 0 saturated carbocycles. The molecule has 1 unspecified atom stereocenters. The average molecular weight is 296 g/mol. The lowest BCUT2D eigenvalue weighted by molar-refractivity contribution is -0.146. The number of amides is 2. The highest BCUT2D eigenvalue weighted by atomic mass is 16.5. The molecule has 7 heteroatoms. The van der Waals surface area contributed by atoms with E-state index in [-0.39, 0.29) is 19.1 Å². The summed E-state index contributed by atoms with van der Waals surface area (Å²) >= 11 is 0. The zero-order valence-electron chi connectivity index (χ0n) is 12.0. The van der Waals surface area contributed by atoms with E-state index in [1.165, 1.54) is 0 Å². The molecule has 21 heavy (non-hydrogen) atoms. The minimum Gasteiger partial charge on any atom is -0.491 e. The molecule has 0 spiro atoms. The predicted octanol–water partition coefficient (Wildman–Crippen LogP) is 1.43. The van der Waals surface area contributed by atoms with E-state index in [4.69, 9.17) is 14.9 Å². The number of aliphatic hydroxyl groups is 1. The number of anilines is 1. The highest BCUT2D eigenvalue weighted by Gasteiger charge is 2.12. The smallest absolute Gasteiger partial charge is 0.332 e. The summed E-state index contributed by atoms with van der Waals surface area (Å²) in [7, 11) is 0. The number of urea groups is 1. The quantitative estimate of drug-likeness (QED) is 0.609. The van der Waals surface area contributed by atoms with Crippen molar-refractivity contribution in [2.24, 2.45) is 0 Å². The van der Waals surface area contributed by atoms with Crippen LogP contribution in [0.1, 0.15) is 20.3 Å². The number of nitrogens with one attached hydrogen (secondary N) is 2. The lowest BCUT2D eigenvalue weighted by Crippen LogP contribution is -2.33. The van der Waals surface area contributed by atoms with Gasteiger partial charge in [-0.05, 0) is 38.1 Å². The van der Waals surface area contributed by atoms with E-state index in [1.807, 2.05) is 13.8 Å². The predicted molar refractivity (Wildman–Crippen MR) is 77.5 cm³/mol. The summed E-state index contributed by atoms with van der Waals surface area (Å²) in [6.45, 7) is 3.91. The van der Waals surface area contributed by atoms with Gasteiger partial charge in [0.05, 0.1) is 6.10 Å². The van der Waals surface area contributed by atoms with E-state index in [1.54, 1.807) is 24.3 Å².